The summed E-state index contributed by atoms with van der Waals surface area (Å²) in [4.78, 5) is 29.8. The van der Waals surface area contributed by atoms with Crippen molar-refractivity contribution in [2.45, 2.75) is 6.18 Å². The molecule has 0 radical (unpaired) electrons. The predicted octanol–water partition coefficient (Wildman–Crippen LogP) is 9.94. The summed E-state index contributed by atoms with van der Waals surface area (Å²) >= 11 is 0. The summed E-state index contributed by atoms with van der Waals surface area (Å²) in [5.41, 5.74) is 4.64. The molecule has 0 atom stereocenters. The van der Waals surface area contributed by atoms with Crippen LogP contribution in [0.2, 0.25) is 0 Å². The number of imide groups is 1. The molecular formula is C39H23F3N2O2. The van der Waals surface area contributed by atoms with Gasteiger partial charge in [0.05, 0.1) is 39.1 Å². The molecule has 2 amide bonds. The molecule has 1 aromatic heterocycles. The van der Waals surface area contributed by atoms with E-state index in [9.17, 15) is 22.8 Å². The first-order valence-electron chi connectivity index (χ1n) is 14.7. The third kappa shape index (κ3) is 4.24. The SMILES string of the molecule is O=C1c2cccc(-n3c4ccccc4c4ccc(C(F)(F)F)cc43)c2C(=O)N1c1ccc(-c2ccccc2)cc1-c1ccccc1. The topological polar surface area (TPSA) is 42.3 Å². The van der Waals surface area contributed by atoms with Gasteiger partial charge in [0.25, 0.3) is 11.8 Å². The lowest BCUT2D eigenvalue weighted by Gasteiger charge is -2.20. The van der Waals surface area contributed by atoms with Crippen LogP contribution in [-0.2, 0) is 6.18 Å². The van der Waals surface area contributed by atoms with Crippen LogP contribution in [0.1, 0.15) is 26.3 Å². The molecule has 0 saturated heterocycles. The fraction of sp³-hybridized carbons (Fsp3) is 0.0256. The number of benzene rings is 6. The molecule has 1 aliphatic heterocycles. The van der Waals surface area contributed by atoms with Gasteiger partial charge in [0.1, 0.15) is 0 Å². The lowest BCUT2D eigenvalue weighted by molar-refractivity contribution is -0.137. The fourth-order valence-electron chi connectivity index (χ4n) is 6.47. The maximum Gasteiger partial charge on any atom is 0.416 e. The highest BCUT2D eigenvalue weighted by molar-refractivity contribution is 6.36. The van der Waals surface area contributed by atoms with Crippen LogP contribution in [0.25, 0.3) is 49.7 Å². The van der Waals surface area contributed by atoms with E-state index in [2.05, 4.69) is 0 Å². The van der Waals surface area contributed by atoms with Gasteiger partial charge in [-0.15, -0.1) is 0 Å². The molecule has 0 saturated carbocycles. The van der Waals surface area contributed by atoms with Gasteiger partial charge in [-0.2, -0.15) is 13.2 Å². The van der Waals surface area contributed by atoms with Gasteiger partial charge in [-0.25, -0.2) is 4.90 Å². The fourth-order valence-corrected chi connectivity index (χ4v) is 6.47. The van der Waals surface area contributed by atoms with Crippen LogP contribution in [0.4, 0.5) is 18.9 Å². The molecule has 8 rings (SSSR count). The first-order chi connectivity index (χ1) is 22.3. The molecule has 1 aliphatic rings. The summed E-state index contributed by atoms with van der Waals surface area (Å²) in [5.74, 6) is -1.04. The van der Waals surface area contributed by atoms with Crippen LogP contribution in [0.3, 0.4) is 0 Å². The third-order valence-corrected chi connectivity index (χ3v) is 8.56. The zero-order chi connectivity index (χ0) is 31.6. The number of rotatable bonds is 4. The normalized spacial score (nSPS) is 13.2. The lowest BCUT2D eigenvalue weighted by Crippen LogP contribution is -2.30. The van der Waals surface area contributed by atoms with E-state index in [0.29, 0.717) is 33.4 Å². The van der Waals surface area contributed by atoms with E-state index in [1.54, 1.807) is 41.0 Å². The molecule has 0 fully saturated rings. The first kappa shape index (κ1) is 27.6. The van der Waals surface area contributed by atoms with Crippen molar-refractivity contribution < 1.29 is 22.8 Å². The minimum absolute atomic E-state index is 0.138. The summed E-state index contributed by atoms with van der Waals surface area (Å²) in [7, 11) is 0. The van der Waals surface area contributed by atoms with E-state index in [0.717, 1.165) is 34.2 Å². The summed E-state index contributed by atoms with van der Waals surface area (Å²) in [6, 6.07) is 40.8. The number of para-hydroxylation sites is 1. The first-order valence-corrected chi connectivity index (χ1v) is 14.7. The molecule has 0 aliphatic carbocycles. The van der Waals surface area contributed by atoms with E-state index < -0.39 is 23.6 Å². The number of aromatic nitrogens is 1. The molecular weight excluding hydrogens is 585 g/mol. The summed E-state index contributed by atoms with van der Waals surface area (Å²) in [6.07, 6.45) is -4.56. The van der Waals surface area contributed by atoms with Crippen molar-refractivity contribution in [3.8, 4) is 27.9 Å². The van der Waals surface area contributed by atoms with Crippen molar-refractivity contribution in [3.05, 3.63) is 156 Å². The van der Waals surface area contributed by atoms with Crippen LogP contribution in [-0.4, -0.2) is 16.4 Å². The number of hydrogen-bond acceptors (Lipinski definition) is 2. The van der Waals surface area contributed by atoms with Crippen LogP contribution in [0, 0.1) is 0 Å². The van der Waals surface area contributed by atoms with Crippen LogP contribution in [0.5, 0.6) is 0 Å². The van der Waals surface area contributed by atoms with Gasteiger partial charge in [0, 0.05) is 16.3 Å². The lowest BCUT2D eigenvalue weighted by atomic mass is 9.97. The van der Waals surface area contributed by atoms with E-state index in [4.69, 9.17) is 0 Å². The summed E-state index contributed by atoms with van der Waals surface area (Å²) in [5, 5.41) is 1.35. The smallest absolute Gasteiger partial charge is 0.308 e. The van der Waals surface area contributed by atoms with Crippen molar-refractivity contribution in [1.29, 1.82) is 0 Å². The van der Waals surface area contributed by atoms with Gasteiger partial charge in [0.2, 0.25) is 0 Å². The number of halogens is 3. The van der Waals surface area contributed by atoms with Crippen molar-refractivity contribution in [3.63, 3.8) is 0 Å². The van der Waals surface area contributed by atoms with Gasteiger partial charge < -0.3 is 4.57 Å². The summed E-state index contributed by atoms with van der Waals surface area (Å²) < 4.78 is 43.3. The Balaban J connectivity index is 1.34. The van der Waals surface area contributed by atoms with Crippen molar-refractivity contribution in [2.24, 2.45) is 0 Å². The number of fused-ring (bicyclic) bond motifs is 4. The molecule has 0 bridgehead atoms. The average Bonchev–Trinajstić information content (AvgIpc) is 3.55. The molecule has 46 heavy (non-hydrogen) atoms. The van der Waals surface area contributed by atoms with Gasteiger partial charge >= 0.3 is 6.18 Å². The van der Waals surface area contributed by atoms with E-state index in [1.165, 1.54) is 11.0 Å². The quantitative estimate of drug-likeness (QED) is 0.187. The number of anilines is 1. The van der Waals surface area contributed by atoms with Crippen molar-refractivity contribution in [1.82, 2.24) is 4.57 Å². The highest BCUT2D eigenvalue weighted by atomic mass is 19.4. The number of amides is 2. The number of carbonyl (C=O) groups excluding carboxylic acids is 2. The molecule has 0 spiro atoms. The Hall–Kier alpha value is -5.95. The minimum atomic E-state index is -4.56. The number of alkyl halides is 3. The zero-order valence-corrected chi connectivity index (χ0v) is 24.1. The molecule has 0 unspecified atom stereocenters. The van der Waals surface area contributed by atoms with Gasteiger partial charge in [-0.1, -0.05) is 97.1 Å². The molecule has 222 valence electrons. The van der Waals surface area contributed by atoms with Crippen molar-refractivity contribution in [2.75, 3.05) is 4.90 Å². The number of hydrogen-bond donors (Lipinski definition) is 0. The van der Waals surface area contributed by atoms with Crippen LogP contribution < -0.4 is 4.90 Å². The predicted molar refractivity (Wildman–Crippen MR) is 174 cm³/mol. The summed E-state index contributed by atoms with van der Waals surface area (Å²) in [6.45, 7) is 0. The van der Waals surface area contributed by atoms with Crippen LogP contribution in [0.15, 0.2) is 140 Å². The Morgan fingerprint density at radius 2 is 1.15 bits per heavy atom. The van der Waals surface area contributed by atoms with Gasteiger partial charge in [-0.05, 0) is 59.2 Å². The molecule has 4 nitrogen and oxygen atoms in total. The second kappa shape index (κ2) is 10.3. The Morgan fingerprint density at radius 3 is 1.89 bits per heavy atom. The Kier molecular flexibility index (Phi) is 6.18. The molecule has 0 N–H and O–H groups in total. The number of carbonyl (C=O) groups is 2. The minimum Gasteiger partial charge on any atom is -0.308 e. The maximum absolute atomic E-state index is 14.5. The highest BCUT2D eigenvalue weighted by Gasteiger charge is 2.40. The molecule has 7 aromatic rings. The van der Waals surface area contributed by atoms with Crippen LogP contribution >= 0.6 is 0 Å². The maximum atomic E-state index is 14.5. The standard InChI is InChI=1S/C39H23F3N2O2/c40-39(41,42)27-19-20-29-28-14-7-8-16-32(28)43(35(29)23-27)34-17-9-15-30-36(34)38(46)44(37(30)45)33-21-18-26(24-10-3-1-4-11-24)22-31(33)25-12-5-2-6-13-25/h1-23H. The monoisotopic (exact) mass is 608 g/mol. The third-order valence-electron chi connectivity index (χ3n) is 8.56. The van der Waals surface area contributed by atoms with E-state index in [-0.39, 0.29) is 11.1 Å². The van der Waals surface area contributed by atoms with E-state index >= 15 is 0 Å². The van der Waals surface area contributed by atoms with Crippen molar-refractivity contribution >= 4 is 39.3 Å². The Bertz CT molecular complexity index is 2340. The average molecular weight is 609 g/mol. The Morgan fingerprint density at radius 1 is 0.478 bits per heavy atom. The molecule has 2 heterocycles. The molecule has 7 heteroatoms. The number of nitrogens with zero attached hydrogens (tertiary/aromatic N) is 2. The molecule has 6 aromatic carbocycles. The highest BCUT2D eigenvalue weighted by Crippen LogP contribution is 2.42. The second-order valence-electron chi connectivity index (χ2n) is 11.2. The Labute approximate surface area is 261 Å². The van der Waals surface area contributed by atoms with Gasteiger partial charge in [-0.3, -0.25) is 9.59 Å². The largest absolute Gasteiger partial charge is 0.416 e. The van der Waals surface area contributed by atoms with E-state index in [1.807, 2.05) is 84.9 Å². The van der Waals surface area contributed by atoms with Gasteiger partial charge in [0.15, 0.2) is 0 Å². The second-order valence-corrected chi connectivity index (χ2v) is 11.2. The zero-order valence-electron chi connectivity index (χ0n) is 24.1.